The molecule has 0 N–H and O–H groups in total. The SMILES string of the molecule is CCn1cc(C(=O)N2CCC(N3CCCC3)CC2)c2cc(OC)c(OC)cc2c1=O. The number of carbonyl (C=O) groups excluding carboxylic acids is 1. The van der Waals surface area contributed by atoms with Gasteiger partial charge in [0.2, 0.25) is 0 Å². The van der Waals surface area contributed by atoms with Crippen LogP contribution in [0, 0.1) is 0 Å². The van der Waals surface area contributed by atoms with Gasteiger partial charge in [-0.25, -0.2) is 0 Å². The van der Waals surface area contributed by atoms with Crippen LogP contribution in [0.25, 0.3) is 10.8 Å². The van der Waals surface area contributed by atoms with E-state index in [0.29, 0.717) is 40.4 Å². The van der Waals surface area contributed by atoms with Crippen LogP contribution < -0.4 is 15.0 Å². The van der Waals surface area contributed by atoms with E-state index < -0.39 is 0 Å². The standard InChI is InChI=1S/C23H31N3O4/c1-4-24-15-19(17-13-20(29-2)21(30-3)14-18(17)22(24)27)23(28)26-11-7-16(8-12-26)25-9-5-6-10-25/h13-16H,4-12H2,1-3H3. The maximum absolute atomic E-state index is 13.5. The van der Waals surface area contributed by atoms with E-state index in [9.17, 15) is 9.59 Å². The lowest BCUT2D eigenvalue weighted by atomic mass is 10.0. The Kier molecular flexibility index (Phi) is 5.99. The molecule has 0 atom stereocenters. The Labute approximate surface area is 177 Å². The molecule has 2 aliphatic rings. The molecule has 0 unspecified atom stereocenters. The first kappa shape index (κ1) is 20.7. The summed E-state index contributed by atoms with van der Waals surface area (Å²) in [6.45, 7) is 6.28. The van der Waals surface area contributed by atoms with Crippen molar-refractivity contribution in [1.29, 1.82) is 0 Å². The summed E-state index contributed by atoms with van der Waals surface area (Å²) >= 11 is 0. The molecule has 2 fully saturated rings. The third-order valence-corrected chi connectivity index (χ3v) is 6.57. The molecule has 7 heteroatoms. The number of pyridine rings is 1. The highest BCUT2D eigenvalue weighted by atomic mass is 16.5. The van der Waals surface area contributed by atoms with E-state index in [1.54, 1.807) is 37.1 Å². The van der Waals surface area contributed by atoms with Gasteiger partial charge in [0.15, 0.2) is 11.5 Å². The van der Waals surface area contributed by atoms with Gasteiger partial charge in [0.1, 0.15) is 0 Å². The highest BCUT2D eigenvalue weighted by Crippen LogP contribution is 2.33. The number of aromatic nitrogens is 1. The van der Waals surface area contributed by atoms with Gasteiger partial charge in [-0.05, 0) is 57.8 Å². The van der Waals surface area contributed by atoms with Gasteiger partial charge in [-0.3, -0.25) is 9.59 Å². The van der Waals surface area contributed by atoms with E-state index in [4.69, 9.17) is 9.47 Å². The Morgan fingerprint density at radius 3 is 2.17 bits per heavy atom. The maximum atomic E-state index is 13.5. The van der Waals surface area contributed by atoms with Crippen molar-refractivity contribution in [3.8, 4) is 11.5 Å². The van der Waals surface area contributed by atoms with Crippen molar-refractivity contribution in [2.45, 2.75) is 45.2 Å². The topological polar surface area (TPSA) is 64.0 Å². The highest BCUT2D eigenvalue weighted by Gasteiger charge is 2.30. The van der Waals surface area contributed by atoms with E-state index in [1.807, 2.05) is 11.8 Å². The van der Waals surface area contributed by atoms with E-state index in [2.05, 4.69) is 4.90 Å². The smallest absolute Gasteiger partial charge is 0.258 e. The number of hydrogen-bond acceptors (Lipinski definition) is 5. The number of methoxy groups -OCH3 is 2. The molecule has 4 rings (SSSR count). The number of carbonyl (C=O) groups is 1. The summed E-state index contributed by atoms with van der Waals surface area (Å²) in [5.74, 6) is 0.982. The van der Waals surface area contributed by atoms with E-state index in [-0.39, 0.29) is 11.5 Å². The number of piperidine rings is 1. The number of hydrogen-bond donors (Lipinski definition) is 0. The number of aryl methyl sites for hydroxylation is 1. The summed E-state index contributed by atoms with van der Waals surface area (Å²) in [4.78, 5) is 30.9. The molecule has 0 bridgehead atoms. The average molecular weight is 414 g/mol. The Morgan fingerprint density at radius 1 is 1.00 bits per heavy atom. The van der Waals surface area contributed by atoms with Gasteiger partial charge >= 0.3 is 0 Å². The van der Waals surface area contributed by atoms with Crippen LogP contribution in [0.5, 0.6) is 11.5 Å². The van der Waals surface area contributed by atoms with Crippen LogP contribution in [0.4, 0.5) is 0 Å². The van der Waals surface area contributed by atoms with Gasteiger partial charge in [0, 0.05) is 37.3 Å². The minimum absolute atomic E-state index is 0.0192. The molecule has 1 aromatic carbocycles. The van der Waals surface area contributed by atoms with Crippen LogP contribution in [-0.4, -0.2) is 66.7 Å². The Morgan fingerprint density at radius 2 is 1.60 bits per heavy atom. The molecule has 2 aliphatic heterocycles. The van der Waals surface area contributed by atoms with Crippen molar-refractivity contribution < 1.29 is 14.3 Å². The Hall–Kier alpha value is -2.54. The molecule has 7 nitrogen and oxygen atoms in total. The third-order valence-electron chi connectivity index (χ3n) is 6.57. The first-order valence-electron chi connectivity index (χ1n) is 10.9. The third kappa shape index (κ3) is 3.67. The van der Waals surface area contributed by atoms with Crippen molar-refractivity contribution in [3.63, 3.8) is 0 Å². The van der Waals surface area contributed by atoms with Gasteiger partial charge in [-0.1, -0.05) is 0 Å². The zero-order valence-corrected chi connectivity index (χ0v) is 18.1. The second-order valence-electron chi connectivity index (χ2n) is 8.15. The van der Waals surface area contributed by atoms with Crippen LogP contribution in [0.1, 0.15) is 43.0 Å². The first-order chi connectivity index (χ1) is 14.6. The van der Waals surface area contributed by atoms with E-state index in [1.165, 1.54) is 25.9 Å². The number of ether oxygens (including phenoxy) is 2. The predicted octanol–water partition coefficient (Wildman–Crippen LogP) is 2.74. The summed E-state index contributed by atoms with van der Waals surface area (Å²) in [6.07, 6.45) is 6.29. The molecule has 0 saturated carbocycles. The van der Waals surface area contributed by atoms with Gasteiger partial charge in [-0.2, -0.15) is 0 Å². The van der Waals surface area contributed by atoms with Crippen LogP contribution in [0.15, 0.2) is 23.1 Å². The maximum Gasteiger partial charge on any atom is 0.258 e. The molecule has 30 heavy (non-hydrogen) atoms. The number of benzene rings is 1. The molecule has 162 valence electrons. The van der Waals surface area contributed by atoms with E-state index >= 15 is 0 Å². The second-order valence-corrected chi connectivity index (χ2v) is 8.15. The minimum atomic E-state index is -0.127. The molecule has 1 amide bonds. The number of fused-ring (bicyclic) bond motifs is 1. The molecule has 0 spiro atoms. The van der Waals surface area contributed by atoms with Crippen molar-refractivity contribution >= 4 is 16.7 Å². The van der Waals surface area contributed by atoms with Crippen LogP contribution >= 0.6 is 0 Å². The van der Waals surface area contributed by atoms with Crippen LogP contribution in [-0.2, 0) is 6.54 Å². The lowest BCUT2D eigenvalue weighted by Gasteiger charge is -2.36. The van der Waals surface area contributed by atoms with Crippen molar-refractivity contribution in [3.05, 3.63) is 34.2 Å². The molecular weight excluding hydrogens is 382 g/mol. The van der Waals surface area contributed by atoms with Crippen LogP contribution in [0.2, 0.25) is 0 Å². The molecule has 1 aromatic heterocycles. The summed E-state index contributed by atoms with van der Waals surface area (Å²) in [6, 6.07) is 4.01. The molecule has 2 saturated heterocycles. The number of likely N-dealkylation sites (tertiary alicyclic amines) is 2. The predicted molar refractivity (Wildman–Crippen MR) is 117 cm³/mol. The zero-order chi connectivity index (χ0) is 21.3. The van der Waals surface area contributed by atoms with Gasteiger partial charge in [0.25, 0.3) is 11.5 Å². The molecule has 0 aliphatic carbocycles. The normalized spacial score (nSPS) is 18.2. The van der Waals surface area contributed by atoms with Crippen molar-refractivity contribution in [2.75, 3.05) is 40.4 Å². The fourth-order valence-corrected chi connectivity index (χ4v) is 4.83. The van der Waals surface area contributed by atoms with Crippen molar-refractivity contribution in [2.24, 2.45) is 0 Å². The Bertz CT molecular complexity index is 986. The largest absolute Gasteiger partial charge is 0.493 e. The average Bonchev–Trinajstić information content (AvgIpc) is 3.33. The minimum Gasteiger partial charge on any atom is -0.493 e. The van der Waals surface area contributed by atoms with Gasteiger partial charge < -0.3 is 23.8 Å². The fourth-order valence-electron chi connectivity index (χ4n) is 4.83. The molecule has 2 aromatic rings. The van der Waals surface area contributed by atoms with Crippen LogP contribution in [0.3, 0.4) is 0 Å². The summed E-state index contributed by atoms with van der Waals surface area (Å²) in [5, 5.41) is 1.10. The quantitative estimate of drug-likeness (QED) is 0.754. The summed E-state index contributed by atoms with van der Waals surface area (Å²) in [5.41, 5.74) is 0.421. The first-order valence-corrected chi connectivity index (χ1v) is 10.9. The van der Waals surface area contributed by atoms with Gasteiger partial charge in [-0.15, -0.1) is 0 Å². The van der Waals surface area contributed by atoms with E-state index in [0.717, 1.165) is 25.9 Å². The summed E-state index contributed by atoms with van der Waals surface area (Å²) < 4.78 is 12.4. The lowest BCUT2D eigenvalue weighted by Crippen LogP contribution is -2.46. The second kappa shape index (κ2) is 8.68. The number of rotatable bonds is 5. The fraction of sp³-hybridized carbons (Fsp3) is 0.565. The van der Waals surface area contributed by atoms with Gasteiger partial charge in [0.05, 0.1) is 25.2 Å². The number of nitrogens with zero attached hydrogens (tertiary/aromatic N) is 3. The lowest BCUT2D eigenvalue weighted by molar-refractivity contribution is 0.0645. The zero-order valence-electron chi connectivity index (χ0n) is 18.1. The molecular formula is C23H31N3O4. The number of amides is 1. The Balaban J connectivity index is 1.68. The molecule has 3 heterocycles. The molecule has 0 radical (unpaired) electrons. The summed E-state index contributed by atoms with van der Waals surface area (Å²) in [7, 11) is 3.10. The monoisotopic (exact) mass is 413 g/mol. The van der Waals surface area contributed by atoms with Crippen molar-refractivity contribution in [1.82, 2.24) is 14.4 Å². The highest BCUT2D eigenvalue weighted by molar-refractivity contribution is 6.07.